The van der Waals surface area contributed by atoms with Gasteiger partial charge >= 0.3 is 6.18 Å². The highest BCUT2D eigenvalue weighted by Gasteiger charge is 2.34. The molecule has 1 aromatic carbocycles. The average molecular weight is 388 g/mol. The number of alkyl halides is 3. The summed E-state index contributed by atoms with van der Waals surface area (Å²) >= 11 is 0. The summed E-state index contributed by atoms with van der Waals surface area (Å²) in [6.07, 6.45) is 3.17. The number of aryl methyl sites for hydroxylation is 1. The molecule has 0 N–H and O–H groups in total. The highest BCUT2D eigenvalue weighted by atomic mass is 19.4. The molecular formula is C22H29F5. The summed E-state index contributed by atoms with van der Waals surface area (Å²) < 4.78 is 65.2. The Morgan fingerprint density at radius 1 is 0.815 bits per heavy atom. The molecule has 0 heterocycles. The zero-order valence-electron chi connectivity index (χ0n) is 15.9. The first-order chi connectivity index (χ1) is 12.7. The van der Waals surface area contributed by atoms with Crippen LogP contribution in [0.1, 0.15) is 81.3 Å². The third kappa shape index (κ3) is 5.23. The molecule has 2 saturated carbocycles. The smallest absolute Gasteiger partial charge is 0.203 e. The van der Waals surface area contributed by atoms with Crippen LogP contribution in [0.4, 0.5) is 22.0 Å². The van der Waals surface area contributed by atoms with Gasteiger partial charge < -0.3 is 0 Å². The molecular weight excluding hydrogens is 359 g/mol. The first-order valence-electron chi connectivity index (χ1n) is 10.3. The summed E-state index contributed by atoms with van der Waals surface area (Å²) in [7, 11) is 0. The fraction of sp³-hybridized carbons (Fsp3) is 0.727. The summed E-state index contributed by atoms with van der Waals surface area (Å²) in [6.45, 7) is 1.57. The molecule has 0 saturated heterocycles. The highest BCUT2D eigenvalue weighted by Crippen LogP contribution is 2.45. The van der Waals surface area contributed by atoms with E-state index in [9.17, 15) is 22.0 Å². The average Bonchev–Trinajstić information content (AvgIpc) is 2.65. The van der Waals surface area contributed by atoms with Crippen LogP contribution in [0.25, 0.3) is 0 Å². The van der Waals surface area contributed by atoms with Crippen LogP contribution in [0.2, 0.25) is 0 Å². The third-order valence-corrected chi connectivity index (χ3v) is 6.91. The molecule has 2 aliphatic rings. The topological polar surface area (TPSA) is 0 Å². The SMILES string of the molecule is Cc1ccc(C2CCC(C3CCC(CCC(F)(F)F)CC3)CC2)c(F)c1F. The molecule has 5 heteroatoms. The van der Waals surface area contributed by atoms with Crippen molar-refractivity contribution in [3.05, 3.63) is 34.9 Å². The van der Waals surface area contributed by atoms with E-state index in [1.54, 1.807) is 19.1 Å². The Bertz CT molecular complexity index is 620. The van der Waals surface area contributed by atoms with Crippen LogP contribution in [0, 0.1) is 36.3 Å². The number of hydrogen-bond donors (Lipinski definition) is 0. The molecule has 0 amide bonds. The van der Waals surface area contributed by atoms with Crippen molar-refractivity contribution in [2.24, 2.45) is 17.8 Å². The van der Waals surface area contributed by atoms with Crippen LogP contribution < -0.4 is 0 Å². The molecule has 0 unspecified atom stereocenters. The quantitative estimate of drug-likeness (QED) is 0.464. The predicted molar refractivity (Wildman–Crippen MR) is 96.5 cm³/mol. The summed E-state index contributed by atoms with van der Waals surface area (Å²) in [5.41, 5.74) is 0.847. The van der Waals surface area contributed by atoms with Crippen LogP contribution >= 0.6 is 0 Å². The molecule has 27 heavy (non-hydrogen) atoms. The molecule has 0 radical (unpaired) electrons. The minimum Gasteiger partial charge on any atom is -0.203 e. The zero-order valence-corrected chi connectivity index (χ0v) is 15.9. The van der Waals surface area contributed by atoms with Gasteiger partial charge in [0, 0.05) is 6.42 Å². The molecule has 1 aromatic rings. The summed E-state index contributed by atoms with van der Waals surface area (Å²) in [5.74, 6) is 0.0506. The van der Waals surface area contributed by atoms with E-state index in [0.717, 1.165) is 51.4 Å². The lowest BCUT2D eigenvalue weighted by atomic mass is 9.68. The van der Waals surface area contributed by atoms with E-state index >= 15 is 0 Å². The largest absolute Gasteiger partial charge is 0.389 e. The van der Waals surface area contributed by atoms with Crippen LogP contribution in [0.15, 0.2) is 12.1 Å². The molecule has 0 atom stereocenters. The van der Waals surface area contributed by atoms with E-state index in [0.29, 0.717) is 23.0 Å². The second kappa shape index (κ2) is 8.48. The lowest BCUT2D eigenvalue weighted by molar-refractivity contribution is -0.138. The van der Waals surface area contributed by atoms with Gasteiger partial charge in [-0.3, -0.25) is 0 Å². The van der Waals surface area contributed by atoms with Gasteiger partial charge in [-0.2, -0.15) is 13.2 Å². The van der Waals surface area contributed by atoms with Crippen molar-refractivity contribution in [2.75, 3.05) is 0 Å². The summed E-state index contributed by atoms with van der Waals surface area (Å²) in [5, 5.41) is 0. The number of rotatable bonds is 4. The first kappa shape index (κ1) is 20.6. The van der Waals surface area contributed by atoms with E-state index in [1.807, 2.05) is 0 Å². The number of hydrogen-bond acceptors (Lipinski definition) is 0. The van der Waals surface area contributed by atoms with Gasteiger partial charge in [-0.25, -0.2) is 8.78 Å². The Labute approximate surface area is 158 Å². The van der Waals surface area contributed by atoms with Crippen molar-refractivity contribution in [1.29, 1.82) is 0 Å². The molecule has 0 bridgehead atoms. The van der Waals surface area contributed by atoms with E-state index in [2.05, 4.69) is 0 Å². The van der Waals surface area contributed by atoms with E-state index < -0.39 is 24.2 Å². The lowest BCUT2D eigenvalue weighted by Crippen LogP contribution is -2.26. The number of benzene rings is 1. The van der Waals surface area contributed by atoms with Gasteiger partial charge in [0.2, 0.25) is 0 Å². The van der Waals surface area contributed by atoms with E-state index in [1.165, 1.54) is 0 Å². The van der Waals surface area contributed by atoms with Crippen LogP contribution in [0.5, 0.6) is 0 Å². The van der Waals surface area contributed by atoms with Crippen LogP contribution in [-0.2, 0) is 0 Å². The lowest BCUT2D eigenvalue weighted by Gasteiger charge is -2.38. The van der Waals surface area contributed by atoms with Crippen molar-refractivity contribution in [2.45, 2.75) is 83.2 Å². The summed E-state index contributed by atoms with van der Waals surface area (Å²) in [4.78, 5) is 0. The highest BCUT2D eigenvalue weighted by molar-refractivity contribution is 5.28. The van der Waals surface area contributed by atoms with Crippen LogP contribution in [0.3, 0.4) is 0 Å². The molecule has 0 aliphatic heterocycles. The monoisotopic (exact) mass is 388 g/mol. The van der Waals surface area contributed by atoms with E-state index in [4.69, 9.17) is 0 Å². The fourth-order valence-electron chi connectivity index (χ4n) is 5.19. The first-order valence-corrected chi connectivity index (χ1v) is 10.3. The Hall–Kier alpha value is -1.13. The van der Waals surface area contributed by atoms with Gasteiger partial charge in [0.25, 0.3) is 0 Å². The Morgan fingerprint density at radius 3 is 1.93 bits per heavy atom. The second-order valence-corrected chi connectivity index (χ2v) is 8.65. The summed E-state index contributed by atoms with van der Waals surface area (Å²) in [6, 6.07) is 3.38. The fourth-order valence-corrected chi connectivity index (χ4v) is 5.19. The Kier molecular flexibility index (Phi) is 6.47. The zero-order chi connectivity index (χ0) is 19.6. The molecule has 152 valence electrons. The molecule has 3 rings (SSSR count). The van der Waals surface area contributed by atoms with Gasteiger partial charge in [0.1, 0.15) is 0 Å². The van der Waals surface area contributed by atoms with Crippen LogP contribution in [-0.4, -0.2) is 6.18 Å². The third-order valence-electron chi connectivity index (χ3n) is 6.91. The molecule has 0 spiro atoms. The maximum absolute atomic E-state index is 14.2. The maximum Gasteiger partial charge on any atom is 0.389 e. The maximum atomic E-state index is 14.2. The van der Waals surface area contributed by atoms with E-state index in [-0.39, 0.29) is 18.3 Å². The van der Waals surface area contributed by atoms with Crippen molar-refractivity contribution in [3.63, 3.8) is 0 Å². The molecule has 2 fully saturated rings. The normalized spacial score (nSPS) is 29.7. The number of halogens is 5. The molecule has 0 aromatic heterocycles. The second-order valence-electron chi connectivity index (χ2n) is 8.65. The van der Waals surface area contributed by atoms with Gasteiger partial charge in [0.05, 0.1) is 0 Å². The van der Waals surface area contributed by atoms with Crippen molar-refractivity contribution in [3.8, 4) is 0 Å². The minimum absolute atomic E-state index is 0.0828. The minimum atomic E-state index is -4.04. The van der Waals surface area contributed by atoms with Gasteiger partial charge in [-0.05, 0) is 86.7 Å². The van der Waals surface area contributed by atoms with Gasteiger partial charge in [0.15, 0.2) is 11.6 Å². The van der Waals surface area contributed by atoms with Crippen molar-refractivity contribution < 1.29 is 22.0 Å². The Morgan fingerprint density at radius 2 is 1.37 bits per heavy atom. The molecule has 0 nitrogen and oxygen atoms in total. The van der Waals surface area contributed by atoms with Gasteiger partial charge in [-0.15, -0.1) is 0 Å². The van der Waals surface area contributed by atoms with Crippen molar-refractivity contribution in [1.82, 2.24) is 0 Å². The predicted octanol–water partition coefficient (Wildman–Crippen LogP) is 7.70. The standard InChI is InChI=1S/C22H29F5/c1-14-2-11-19(21(24)20(14)23)18-9-7-17(8-10-18)16-5-3-15(4-6-16)12-13-22(25,26)27/h2,11,15-18H,3-10,12-13H2,1H3. The van der Waals surface area contributed by atoms with Gasteiger partial charge in [-0.1, -0.05) is 25.0 Å². The molecule has 2 aliphatic carbocycles. The Balaban J connectivity index is 1.47. The van der Waals surface area contributed by atoms with Crippen molar-refractivity contribution >= 4 is 0 Å².